The van der Waals surface area contributed by atoms with E-state index in [4.69, 9.17) is 37.0 Å². The Hall–Kier alpha value is -1.94. The average Bonchev–Trinajstić information content (AvgIpc) is 2.62. The van der Waals surface area contributed by atoms with E-state index in [1.807, 2.05) is 0 Å². The van der Waals surface area contributed by atoms with Crippen molar-refractivity contribution in [2.45, 2.75) is 375 Å². The lowest BCUT2D eigenvalue weighted by Crippen LogP contribution is -2.30. The van der Waals surface area contributed by atoms with Crippen molar-refractivity contribution in [2.24, 2.45) is 23.7 Å². The first kappa shape index (κ1) is 89.1. The Bertz CT molecular complexity index is 1800. The van der Waals surface area contributed by atoms with Crippen molar-refractivity contribution >= 4 is 39.5 Å². The van der Waals surface area contributed by atoms with Crippen LogP contribution >= 0.6 is 15.6 Å². The highest BCUT2D eigenvalue weighted by molar-refractivity contribution is 7.47. The molecule has 0 aliphatic heterocycles. The molecule has 540 valence electrons. The van der Waals surface area contributed by atoms with Crippen molar-refractivity contribution in [2.75, 3.05) is 39.6 Å². The lowest BCUT2D eigenvalue weighted by molar-refractivity contribution is -0.161. The summed E-state index contributed by atoms with van der Waals surface area (Å²) in [7, 11) is -9.90. The zero-order valence-electron chi connectivity index (χ0n) is 59.5. The summed E-state index contributed by atoms with van der Waals surface area (Å²) in [6.45, 7) is 14.0. The highest BCUT2D eigenvalue weighted by atomic mass is 31.2. The molecule has 0 radical (unpaired) electrons. The Labute approximate surface area is 556 Å². The summed E-state index contributed by atoms with van der Waals surface area (Å²) in [5.41, 5.74) is 0. The molecular formula is C72H140O17P2. The molecule has 2 unspecified atom stereocenters. The van der Waals surface area contributed by atoms with E-state index in [9.17, 15) is 43.2 Å². The number of hydrogen-bond donors (Lipinski definition) is 3. The van der Waals surface area contributed by atoms with Gasteiger partial charge < -0.3 is 33.8 Å². The summed E-state index contributed by atoms with van der Waals surface area (Å²) >= 11 is 0. The summed E-state index contributed by atoms with van der Waals surface area (Å²) in [6.07, 6.45) is 44.9. The molecule has 0 saturated heterocycles. The standard InChI is InChI=1S/C72H140O17P2/c1-62(2)48-40-32-24-19-17-15-13-11-9-10-12-14-16-18-20-27-38-46-54-71(76)88-67(58-82-69(74)52-44-36-29-23-26-34-42-50-64(5)6)60-86-90(78,79)84-56-66(73)57-85-91(80,81)87-61-68(59-83-70(75)53-45-37-31-30-35-43-51-65(7)8)89-72(77)55-47-39-28-22-21-25-33-41-49-63(3)4/h62-68,73H,9-61H2,1-8H3,(H,78,79)(H,80,81)/t66-,67-,68-/m1/s1. The average molecular weight is 1340 g/mol. The summed E-state index contributed by atoms with van der Waals surface area (Å²) in [5, 5.41) is 10.6. The Balaban J connectivity index is 5.16. The largest absolute Gasteiger partial charge is 0.472 e. The molecular weight excluding hydrogens is 1200 g/mol. The van der Waals surface area contributed by atoms with Crippen LogP contribution in [0, 0.1) is 23.7 Å². The molecule has 0 aromatic rings. The van der Waals surface area contributed by atoms with Gasteiger partial charge in [0.05, 0.1) is 26.4 Å². The van der Waals surface area contributed by atoms with Gasteiger partial charge in [-0.05, 0) is 49.4 Å². The molecule has 0 fully saturated rings. The second kappa shape index (κ2) is 61.6. The maximum Gasteiger partial charge on any atom is 0.472 e. The first-order valence-corrected chi connectivity index (χ1v) is 40.2. The number of carbonyl (C=O) groups is 4. The lowest BCUT2D eigenvalue weighted by atomic mass is 10.0. The molecule has 0 aliphatic rings. The van der Waals surface area contributed by atoms with E-state index >= 15 is 0 Å². The molecule has 3 N–H and O–H groups in total. The number of phosphoric acid groups is 2. The fourth-order valence-electron chi connectivity index (χ4n) is 10.8. The predicted octanol–water partition coefficient (Wildman–Crippen LogP) is 20.5. The Morgan fingerprint density at radius 3 is 0.681 bits per heavy atom. The van der Waals surface area contributed by atoms with Gasteiger partial charge in [0.25, 0.3) is 0 Å². The molecule has 91 heavy (non-hydrogen) atoms. The topological polar surface area (TPSA) is 237 Å². The van der Waals surface area contributed by atoms with E-state index in [2.05, 4.69) is 55.4 Å². The summed E-state index contributed by atoms with van der Waals surface area (Å²) < 4.78 is 68.2. The summed E-state index contributed by atoms with van der Waals surface area (Å²) in [5.74, 6) is 0.791. The third-order valence-electron chi connectivity index (χ3n) is 16.6. The van der Waals surface area contributed by atoms with Crippen molar-refractivity contribution in [3.63, 3.8) is 0 Å². The Kier molecular flexibility index (Phi) is 60.3. The van der Waals surface area contributed by atoms with Crippen LogP contribution in [0.3, 0.4) is 0 Å². The maximum atomic E-state index is 13.0. The van der Waals surface area contributed by atoms with Crippen LogP contribution in [-0.4, -0.2) is 96.7 Å². The maximum absolute atomic E-state index is 13.0. The van der Waals surface area contributed by atoms with E-state index < -0.39 is 97.5 Å². The molecule has 0 amide bonds. The van der Waals surface area contributed by atoms with Gasteiger partial charge in [-0.15, -0.1) is 0 Å². The molecule has 0 aromatic heterocycles. The smallest absolute Gasteiger partial charge is 0.462 e. The van der Waals surface area contributed by atoms with Gasteiger partial charge in [0.2, 0.25) is 0 Å². The van der Waals surface area contributed by atoms with Gasteiger partial charge in [0, 0.05) is 25.7 Å². The molecule has 0 aromatic carbocycles. The molecule has 5 atom stereocenters. The van der Waals surface area contributed by atoms with Gasteiger partial charge in [-0.1, -0.05) is 306 Å². The number of esters is 4. The normalized spacial score (nSPS) is 14.2. The fraction of sp³-hybridized carbons (Fsp3) is 0.944. The highest BCUT2D eigenvalue weighted by Gasteiger charge is 2.30. The highest BCUT2D eigenvalue weighted by Crippen LogP contribution is 2.45. The summed E-state index contributed by atoms with van der Waals surface area (Å²) in [4.78, 5) is 72.5. The van der Waals surface area contributed by atoms with E-state index in [1.165, 1.54) is 148 Å². The van der Waals surface area contributed by atoms with Gasteiger partial charge in [-0.25, -0.2) is 9.13 Å². The number of ether oxygens (including phenoxy) is 4. The Morgan fingerprint density at radius 2 is 0.462 bits per heavy atom. The minimum atomic E-state index is -4.95. The molecule has 0 bridgehead atoms. The number of unbranched alkanes of at least 4 members (excludes halogenated alkanes) is 35. The molecule has 19 heteroatoms. The van der Waals surface area contributed by atoms with E-state index in [0.29, 0.717) is 37.5 Å². The van der Waals surface area contributed by atoms with E-state index in [0.717, 1.165) is 115 Å². The van der Waals surface area contributed by atoms with E-state index in [-0.39, 0.29) is 25.7 Å². The SMILES string of the molecule is CC(C)CCCCCCCCCCCCCCCCCCCCC(=O)O[C@H](COC(=O)CCCCCCCCCC(C)C)COP(=O)(O)OC[C@@H](O)COP(=O)(O)OC[C@@H](COC(=O)CCCCCCCCC(C)C)OC(=O)CCCCCCCCCCC(C)C. The molecule has 0 aliphatic carbocycles. The number of rotatable bonds is 69. The van der Waals surface area contributed by atoms with Gasteiger partial charge in [0.1, 0.15) is 19.3 Å². The molecule has 0 spiro atoms. The van der Waals surface area contributed by atoms with Crippen LogP contribution in [0.5, 0.6) is 0 Å². The van der Waals surface area contributed by atoms with Gasteiger partial charge in [-0.3, -0.25) is 37.3 Å². The van der Waals surface area contributed by atoms with Crippen LogP contribution in [0.25, 0.3) is 0 Å². The molecule has 0 rings (SSSR count). The number of phosphoric ester groups is 2. The van der Waals surface area contributed by atoms with Crippen molar-refractivity contribution < 1.29 is 80.2 Å². The number of carbonyl (C=O) groups excluding carboxylic acids is 4. The molecule has 0 heterocycles. The fourth-order valence-corrected chi connectivity index (χ4v) is 12.4. The summed E-state index contributed by atoms with van der Waals surface area (Å²) in [6, 6.07) is 0. The third-order valence-corrected chi connectivity index (χ3v) is 18.5. The second-order valence-electron chi connectivity index (χ2n) is 27.9. The quantitative estimate of drug-likeness (QED) is 0.0222. The van der Waals surface area contributed by atoms with Crippen molar-refractivity contribution in [1.29, 1.82) is 0 Å². The van der Waals surface area contributed by atoms with Crippen LogP contribution in [0.15, 0.2) is 0 Å². The monoisotopic (exact) mass is 1340 g/mol. The zero-order chi connectivity index (χ0) is 67.5. The minimum absolute atomic E-state index is 0.103. The number of aliphatic hydroxyl groups excluding tert-OH is 1. The van der Waals surface area contributed by atoms with Gasteiger partial charge >= 0.3 is 39.5 Å². The van der Waals surface area contributed by atoms with Gasteiger partial charge in [-0.2, -0.15) is 0 Å². The van der Waals surface area contributed by atoms with Crippen molar-refractivity contribution in [3.05, 3.63) is 0 Å². The van der Waals surface area contributed by atoms with Crippen LogP contribution in [0.1, 0.15) is 357 Å². The predicted molar refractivity (Wildman–Crippen MR) is 367 cm³/mol. The lowest BCUT2D eigenvalue weighted by Gasteiger charge is -2.21. The van der Waals surface area contributed by atoms with E-state index in [1.54, 1.807) is 0 Å². The second-order valence-corrected chi connectivity index (χ2v) is 30.8. The third kappa shape index (κ3) is 66.5. The molecule has 17 nitrogen and oxygen atoms in total. The van der Waals surface area contributed by atoms with Crippen LogP contribution < -0.4 is 0 Å². The van der Waals surface area contributed by atoms with Crippen LogP contribution in [-0.2, 0) is 65.4 Å². The number of aliphatic hydroxyl groups is 1. The Morgan fingerprint density at radius 1 is 0.275 bits per heavy atom. The first-order valence-electron chi connectivity index (χ1n) is 37.2. The van der Waals surface area contributed by atoms with Gasteiger partial charge in [0.15, 0.2) is 12.2 Å². The van der Waals surface area contributed by atoms with Crippen molar-refractivity contribution in [3.8, 4) is 0 Å². The first-order chi connectivity index (χ1) is 43.6. The zero-order valence-corrected chi connectivity index (χ0v) is 61.3. The van der Waals surface area contributed by atoms with Crippen LogP contribution in [0.4, 0.5) is 0 Å². The van der Waals surface area contributed by atoms with Crippen LogP contribution in [0.2, 0.25) is 0 Å². The minimum Gasteiger partial charge on any atom is -0.462 e. The number of hydrogen-bond acceptors (Lipinski definition) is 15. The molecule has 0 saturated carbocycles. The van der Waals surface area contributed by atoms with Crippen molar-refractivity contribution in [1.82, 2.24) is 0 Å².